The van der Waals surface area contributed by atoms with Crippen LogP contribution in [0, 0.1) is 0 Å². The lowest BCUT2D eigenvalue weighted by Gasteiger charge is -2.14. The summed E-state index contributed by atoms with van der Waals surface area (Å²) in [6.45, 7) is 2.10. The van der Waals surface area contributed by atoms with E-state index in [4.69, 9.17) is 28.9 Å². The van der Waals surface area contributed by atoms with Gasteiger partial charge in [0, 0.05) is 21.7 Å². The Morgan fingerprint density at radius 3 is 2.47 bits per heavy atom. The van der Waals surface area contributed by atoms with Crippen molar-refractivity contribution in [2.24, 2.45) is 0 Å². The van der Waals surface area contributed by atoms with Crippen molar-refractivity contribution in [3.8, 4) is 0 Å². The molecule has 88 valence electrons. The van der Waals surface area contributed by atoms with Gasteiger partial charge in [0.1, 0.15) is 0 Å². The van der Waals surface area contributed by atoms with E-state index in [1.807, 2.05) is 36.4 Å². The largest absolute Gasteiger partial charge is 0.399 e. The fourth-order valence-corrected chi connectivity index (χ4v) is 2.43. The molecule has 0 aromatic heterocycles. The van der Waals surface area contributed by atoms with Gasteiger partial charge in [-0.05, 0) is 35.4 Å². The van der Waals surface area contributed by atoms with Crippen molar-refractivity contribution in [1.29, 1.82) is 0 Å². The lowest BCUT2D eigenvalue weighted by molar-refractivity contribution is 0.923. The third kappa shape index (κ3) is 2.74. The lowest BCUT2D eigenvalue weighted by atomic mass is 9.93. The fourth-order valence-electron chi connectivity index (χ4n) is 1.86. The average Bonchev–Trinajstić information content (AvgIpc) is 2.28. The van der Waals surface area contributed by atoms with E-state index in [-0.39, 0.29) is 5.92 Å². The molecule has 2 N–H and O–H groups in total. The molecule has 0 saturated carbocycles. The van der Waals surface area contributed by atoms with Crippen molar-refractivity contribution < 1.29 is 0 Å². The van der Waals surface area contributed by atoms with E-state index in [9.17, 15) is 0 Å². The van der Waals surface area contributed by atoms with Crippen LogP contribution in [0.4, 0.5) is 5.69 Å². The third-order valence-electron chi connectivity index (χ3n) is 2.84. The van der Waals surface area contributed by atoms with E-state index in [0.29, 0.717) is 10.0 Å². The predicted molar refractivity (Wildman–Crippen MR) is 74.8 cm³/mol. The maximum Gasteiger partial charge on any atom is 0.0458 e. The maximum atomic E-state index is 6.20. The van der Waals surface area contributed by atoms with Crippen LogP contribution >= 0.6 is 23.2 Å². The number of benzene rings is 2. The van der Waals surface area contributed by atoms with Crippen LogP contribution in [0.3, 0.4) is 0 Å². The number of nitrogens with two attached hydrogens (primary N) is 1. The van der Waals surface area contributed by atoms with Crippen LogP contribution in [-0.2, 0) is 0 Å². The molecule has 0 aliphatic heterocycles. The molecule has 2 aromatic rings. The first kappa shape index (κ1) is 12.3. The highest BCUT2D eigenvalue weighted by Gasteiger charge is 2.12. The van der Waals surface area contributed by atoms with Gasteiger partial charge in [-0.3, -0.25) is 0 Å². The van der Waals surface area contributed by atoms with E-state index >= 15 is 0 Å². The minimum absolute atomic E-state index is 0.197. The fraction of sp³-hybridized carbons (Fsp3) is 0.143. The van der Waals surface area contributed by atoms with Crippen LogP contribution in [0.2, 0.25) is 10.0 Å². The van der Waals surface area contributed by atoms with Crippen LogP contribution in [-0.4, -0.2) is 0 Å². The van der Waals surface area contributed by atoms with Gasteiger partial charge in [0.2, 0.25) is 0 Å². The second-order valence-electron chi connectivity index (χ2n) is 4.06. The van der Waals surface area contributed by atoms with Gasteiger partial charge in [0.15, 0.2) is 0 Å². The van der Waals surface area contributed by atoms with Gasteiger partial charge in [0.05, 0.1) is 0 Å². The zero-order valence-corrected chi connectivity index (χ0v) is 11.0. The van der Waals surface area contributed by atoms with E-state index in [0.717, 1.165) is 16.8 Å². The Bertz CT molecular complexity index is 537. The summed E-state index contributed by atoms with van der Waals surface area (Å²) in [5.74, 6) is 0.197. The standard InChI is InChI=1S/C14H13Cl2N/c1-9(10-3-2-4-12(17)7-10)13-6-5-11(15)8-14(13)16/h2-9H,17H2,1H3. The summed E-state index contributed by atoms with van der Waals surface area (Å²) in [5.41, 5.74) is 8.75. The molecule has 0 aliphatic carbocycles. The van der Waals surface area contributed by atoms with Crippen molar-refractivity contribution in [3.05, 3.63) is 63.6 Å². The molecule has 0 saturated heterocycles. The normalized spacial score (nSPS) is 12.4. The number of halogens is 2. The Balaban J connectivity index is 2.40. The van der Waals surface area contributed by atoms with E-state index in [2.05, 4.69) is 6.92 Å². The molecule has 2 rings (SSSR count). The maximum absolute atomic E-state index is 6.20. The van der Waals surface area contributed by atoms with Crippen LogP contribution in [0.1, 0.15) is 24.0 Å². The molecule has 1 unspecified atom stereocenters. The quantitative estimate of drug-likeness (QED) is 0.781. The first-order chi connectivity index (χ1) is 8.08. The average molecular weight is 266 g/mol. The molecule has 3 heteroatoms. The van der Waals surface area contributed by atoms with E-state index < -0.39 is 0 Å². The molecule has 1 nitrogen and oxygen atoms in total. The van der Waals surface area contributed by atoms with Crippen molar-refractivity contribution in [3.63, 3.8) is 0 Å². The number of anilines is 1. The van der Waals surface area contributed by atoms with Crippen LogP contribution in [0.15, 0.2) is 42.5 Å². The molecule has 0 aliphatic rings. The summed E-state index contributed by atoms with van der Waals surface area (Å²) < 4.78 is 0. The molecular formula is C14H13Cl2N. The zero-order valence-electron chi connectivity index (χ0n) is 9.45. The Hall–Kier alpha value is -1.18. The van der Waals surface area contributed by atoms with Gasteiger partial charge in [-0.15, -0.1) is 0 Å². The summed E-state index contributed by atoms with van der Waals surface area (Å²) >= 11 is 12.1. The van der Waals surface area contributed by atoms with E-state index in [1.165, 1.54) is 0 Å². The highest BCUT2D eigenvalue weighted by molar-refractivity contribution is 6.35. The highest BCUT2D eigenvalue weighted by atomic mass is 35.5. The summed E-state index contributed by atoms with van der Waals surface area (Å²) in [5, 5.41) is 1.34. The van der Waals surface area contributed by atoms with Gasteiger partial charge < -0.3 is 5.73 Å². The Labute approximate surface area is 111 Å². The molecule has 0 radical (unpaired) electrons. The molecular weight excluding hydrogens is 253 g/mol. The monoisotopic (exact) mass is 265 g/mol. The summed E-state index contributed by atoms with van der Waals surface area (Å²) in [7, 11) is 0. The first-order valence-corrected chi connectivity index (χ1v) is 6.14. The second-order valence-corrected chi connectivity index (χ2v) is 4.90. The lowest BCUT2D eigenvalue weighted by Crippen LogP contribution is -1.98. The van der Waals surface area contributed by atoms with E-state index in [1.54, 1.807) is 6.07 Å². The Morgan fingerprint density at radius 1 is 1.06 bits per heavy atom. The van der Waals surface area contributed by atoms with Crippen molar-refractivity contribution in [2.45, 2.75) is 12.8 Å². The minimum Gasteiger partial charge on any atom is -0.399 e. The summed E-state index contributed by atoms with van der Waals surface area (Å²) in [6, 6.07) is 13.4. The van der Waals surface area contributed by atoms with Gasteiger partial charge in [0.25, 0.3) is 0 Å². The molecule has 0 fully saturated rings. The molecule has 0 heterocycles. The van der Waals surface area contributed by atoms with Crippen molar-refractivity contribution >= 4 is 28.9 Å². The minimum atomic E-state index is 0.197. The molecule has 0 bridgehead atoms. The molecule has 17 heavy (non-hydrogen) atoms. The number of nitrogen functional groups attached to an aromatic ring is 1. The SMILES string of the molecule is CC(c1cccc(N)c1)c1ccc(Cl)cc1Cl. The van der Waals surface area contributed by atoms with Crippen molar-refractivity contribution in [1.82, 2.24) is 0 Å². The van der Waals surface area contributed by atoms with Gasteiger partial charge in [-0.2, -0.15) is 0 Å². The van der Waals surface area contributed by atoms with Crippen LogP contribution in [0.5, 0.6) is 0 Å². The number of rotatable bonds is 2. The van der Waals surface area contributed by atoms with Gasteiger partial charge >= 0.3 is 0 Å². The first-order valence-electron chi connectivity index (χ1n) is 5.38. The smallest absolute Gasteiger partial charge is 0.0458 e. The Morgan fingerprint density at radius 2 is 1.82 bits per heavy atom. The van der Waals surface area contributed by atoms with Crippen LogP contribution < -0.4 is 5.73 Å². The zero-order chi connectivity index (χ0) is 12.4. The van der Waals surface area contributed by atoms with Crippen LogP contribution in [0.25, 0.3) is 0 Å². The summed E-state index contributed by atoms with van der Waals surface area (Å²) in [6.07, 6.45) is 0. The van der Waals surface area contributed by atoms with Gasteiger partial charge in [-0.1, -0.05) is 48.3 Å². The summed E-state index contributed by atoms with van der Waals surface area (Å²) in [4.78, 5) is 0. The van der Waals surface area contributed by atoms with Gasteiger partial charge in [-0.25, -0.2) is 0 Å². The topological polar surface area (TPSA) is 26.0 Å². The number of hydrogen-bond donors (Lipinski definition) is 1. The third-order valence-corrected chi connectivity index (χ3v) is 3.40. The Kier molecular flexibility index (Phi) is 3.60. The molecule has 2 aromatic carbocycles. The highest BCUT2D eigenvalue weighted by Crippen LogP contribution is 2.32. The molecule has 0 spiro atoms. The molecule has 0 amide bonds. The number of hydrogen-bond acceptors (Lipinski definition) is 1. The van der Waals surface area contributed by atoms with Crippen molar-refractivity contribution in [2.75, 3.05) is 5.73 Å². The second kappa shape index (κ2) is 4.99. The molecule has 1 atom stereocenters. The predicted octanol–water partition coefficient (Wildman–Crippen LogP) is 4.73.